The lowest BCUT2D eigenvalue weighted by Gasteiger charge is -2.61. The zero-order chi connectivity index (χ0) is 33.1. The SMILES string of the molecule is CC1(C)CCC(C)(C)c2cc(N(c3ccc4c(c3)C3(c5ccccc5-4)C4CC5CC(C4)CC3C5)c3ccccc3-c3ccccc3)ccc21. The Kier molecular flexibility index (Phi) is 6.36. The minimum absolute atomic E-state index is 0.134. The van der Waals surface area contributed by atoms with E-state index in [0.29, 0.717) is 0 Å². The van der Waals surface area contributed by atoms with Gasteiger partial charge in [0.15, 0.2) is 0 Å². The molecule has 0 radical (unpaired) electrons. The van der Waals surface area contributed by atoms with Crippen molar-refractivity contribution in [2.45, 2.75) is 88.9 Å². The van der Waals surface area contributed by atoms with Crippen LogP contribution in [0.4, 0.5) is 17.1 Å². The number of benzene rings is 5. The molecule has 11 rings (SSSR count). The van der Waals surface area contributed by atoms with Crippen molar-refractivity contribution in [3.63, 3.8) is 0 Å². The normalized spacial score (nSPS) is 27.8. The Balaban J connectivity index is 1.22. The van der Waals surface area contributed by atoms with E-state index in [1.807, 2.05) is 0 Å². The van der Waals surface area contributed by atoms with Gasteiger partial charge in [-0.1, -0.05) is 113 Å². The molecule has 0 N–H and O–H groups in total. The molecule has 0 amide bonds. The Morgan fingerprint density at radius 1 is 0.469 bits per heavy atom. The van der Waals surface area contributed by atoms with Gasteiger partial charge < -0.3 is 4.90 Å². The van der Waals surface area contributed by atoms with E-state index in [4.69, 9.17) is 0 Å². The van der Waals surface area contributed by atoms with Crippen LogP contribution in [0.2, 0.25) is 0 Å². The van der Waals surface area contributed by atoms with Crippen molar-refractivity contribution in [3.8, 4) is 22.3 Å². The summed E-state index contributed by atoms with van der Waals surface area (Å²) < 4.78 is 0. The Hall–Kier alpha value is -4.10. The third kappa shape index (κ3) is 4.24. The summed E-state index contributed by atoms with van der Waals surface area (Å²) in [6.07, 6.45) is 9.53. The van der Waals surface area contributed by atoms with Gasteiger partial charge in [-0.3, -0.25) is 0 Å². The minimum atomic E-state index is 0.134. The van der Waals surface area contributed by atoms with Crippen LogP contribution in [-0.4, -0.2) is 0 Å². The average Bonchev–Trinajstić information content (AvgIpc) is 3.40. The molecule has 5 aromatic rings. The third-order valence-electron chi connectivity index (χ3n) is 14.1. The lowest BCUT2D eigenvalue weighted by Crippen LogP contribution is -2.55. The highest BCUT2D eigenvalue weighted by Crippen LogP contribution is 2.69. The monoisotopic (exact) mass is 639 g/mol. The van der Waals surface area contributed by atoms with Crippen LogP contribution in [0.3, 0.4) is 0 Å². The summed E-state index contributed by atoms with van der Waals surface area (Å²) >= 11 is 0. The second kappa shape index (κ2) is 10.5. The Bertz CT molecular complexity index is 2070. The van der Waals surface area contributed by atoms with Crippen LogP contribution in [0.5, 0.6) is 0 Å². The first kappa shape index (κ1) is 29.8. The molecule has 1 nitrogen and oxygen atoms in total. The van der Waals surface area contributed by atoms with Gasteiger partial charge in [-0.15, -0.1) is 0 Å². The van der Waals surface area contributed by atoms with Gasteiger partial charge in [-0.25, -0.2) is 0 Å². The van der Waals surface area contributed by atoms with Crippen LogP contribution in [-0.2, 0) is 16.2 Å². The molecule has 0 heterocycles. The molecule has 49 heavy (non-hydrogen) atoms. The number of fused-ring (bicyclic) bond motifs is 4. The molecular formula is C48H49N. The van der Waals surface area contributed by atoms with Gasteiger partial charge in [0, 0.05) is 22.4 Å². The van der Waals surface area contributed by atoms with Gasteiger partial charge >= 0.3 is 0 Å². The van der Waals surface area contributed by atoms with E-state index in [1.165, 1.54) is 95.4 Å². The quantitative estimate of drug-likeness (QED) is 0.189. The topological polar surface area (TPSA) is 3.24 Å². The highest BCUT2D eigenvalue weighted by Gasteiger charge is 2.61. The maximum Gasteiger partial charge on any atom is 0.0540 e. The number of rotatable bonds is 4. The van der Waals surface area contributed by atoms with Gasteiger partial charge in [0.2, 0.25) is 0 Å². The zero-order valence-corrected chi connectivity index (χ0v) is 29.7. The molecule has 0 unspecified atom stereocenters. The van der Waals surface area contributed by atoms with E-state index in [-0.39, 0.29) is 16.2 Å². The second-order valence-electron chi connectivity index (χ2n) is 17.7. The molecule has 4 bridgehead atoms. The predicted octanol–water partition coefficient (Wildman–Crippen LogP) is 12.9. The maximum absolute atomic E-state index is 2.66. The van der Waals surface area contributed by atoms with Gasteiger partial charge in [-0.2, -0.15) is 0 Å². The van der Waals surface area contributed by atoms with E-state index >= 15 is 0 Å². The Morgan fingerprint density at radius 3 is 1.73 bits per heavy atom. The summed E-state index contributed by atoms with van der Waals surface area (Å²) in [5, 5.41) is 0. The van der Waals surface area contributed by atoms with Crippen molar-refractivity contribution in [1.29, 1.82) is 0 Å². The third-order valence-corrected chi connectivity index (χ3v) is 14.1. The van der Waals surface area contributed by atoms with Gasteiger partial charge in [-0.05, 0) is 149 Å². The minimum Gasteiger partial charge on any atom is -0.310 e. The van der Waals surface area contributed by atoms with E-state index < -0.39 is 0 Å². The molecule has 246 valence electrons. The first-order chi connectivity index (χ1) is 23.7. The number of nitrogens with zero attached hydrogens (tertiary/aromatic N) is 1. The summed E-state index contributed by atoms with van der Waals surface area (Å²) in [5.74, 6) is 3.37. The summed E-state index contributed by atoms with van der Waals surface area (Å²) in [4.78, 5) is 2.60. The molecule has 6 aliphatic carbocycles. The van der Waals surface area contributed by atoms with E-state index in [0.717, 1.165) is 23.7 Å². The zero-order valence-electron chi connectivity index (χ0n) is 29.7. The van der Waals surface area contributed by atoms with Crippen LogP contribution in [0.1, 0.15) is 94.9 Å². The number of para-hydroxylation sites is 1. The number of hydrogen-bond acceptors (Lipinski definition) is 1. The van der Waals surface area contributed by atoms with Crippen molar-refractivity contribution in [2.24, 2.45) is 23.7 Å². The molecule has 0 aromatic heterocycles. The molecular weight excluding hydrogens is 591 g/mol. The summed E-state index contributed by atoms with van der Waals surface area (Å²) in [6, 6.07) is 44.6. The maximum atomic E-state index is 2.66. The number of anilines is 3. The summed E-state index contributed by atoms with van der Waals surface area (Å²) in [6.45, 7) is 9.78. The van der Waals surface area contributed by atoms with Crippen molar-refractivity contribution in [2.75, 3.05) is 4.90 Å². The molecule has 0 aliphatic heterocycles. The molecule has 1 heteroatoms. The first-order valence-corrected chi connectivity index (χ1v) is 19.1. The van der Waals surface area contributed by atoms with Crippen molar-refractivity contribution in [1.82, 2.24) is 0 Å². The second-order valence-corrected chi connectivity index (χ2v) is 17.7. The Labute approximate surface area is 293 Å². The standard InChI is InChI=1S/C48H49N/c1-46(2)22-23-47(3,4)44-30-37(19-21-42(44)46)49(45-17-11-9-14-38(45)33-12-6-5-7-13-33)36-18-20-40-39-15-8-10-16-41(39)48(43(40)29-36)34-25-31-24-32(27-34)28-35(48)26-31/h5-21,29-32,34-35H,22-28H2,1-4H3. The average molecular weight is 640 g/mol. The molecule has 4 fully saturated rings. The molecule has 5 aromatic carbocycles. The lowest BCUT2D eigenvalue weighted by molar-refractivity contribution is -0.0399. The van der Waals surface area contributed by atoms with Crippen LogP contribution in [0.25, 0.3) is 22.3 Å². The fourth-order valence-electron chi connectivity index (χ4n) is 12.0. The fraction of sp³-hybridized carbons (Fsp3) is 0.375. The van der Waals surface area contributed by atoms with Crippen LogP contribution in [0.15, 0.2) is 115 Å². The molecule has 4 saturated carbocycles. The molecule has 0 saturated heterocycles. The Morgan fingerprint density at radius 2 is 1.02 bits per heavy atom. The molecule has 6 aliphatic rings. The van der Waals surface area contributed by atoms with Gasteiger partial charge in [0.05, 0.1) is 5.69 Å². The lowest BCUT2D eigenvalue weighted by atomic mass is 9.43. The molecule has 0 atom stereocenters. The van der Waals surface area contributed by atoms with Crippen molar-refractivity contribution >= 4 is 17.1 Å². The van der Waals surface area contributed by atoms with Crippen molar-refractivity contribution < 1.29 is 0 Å². The fourth-order valence-corrected chi connectivity index (χ4v) is 12.0. The summed E-state index contributed by atoms with van der Waals surface area (Å²) in [7, 11) is 0. The first-order valence-electron chi connectivity index (χ1n) is 19.1. The predicted molar refractivity (Wildman–Crippen MR) is 205 cm³/mol. The highest BCUT2D eigenvalue weighted by atomic mass is 15.1. The summed E-state index contributed by atoms with van der Waals surface area (Å²) in [5.41, 5.74) is 16.0. The van der Waals surface area contributed by atoms with E-state index in [2.05, 4.69) is 148 Å². The van der Waals surface area contributed by atoms with Gasteiger partial charge in [0.1, 0.15) is 0 Å². The highest BCUT2D eigenvalue weighted by molar-refractivity contribution is 5.91. The van der Waals surface area contributed by atoms with E-state index in [9.17, 15) is 0 Å². The van der Waals surface area contributed by atoms with Crippen molar-refractivity contribution in [3.05, 3.63) is 138 Å². The van der Waals surface area contributed by atoms with Crippen LogP contribution in [0, 0.1) is 23.7 Å². The molecule has 1 spiro atoms. The number of hydrogen-bond donors (Lipinski definition) is 0. The smallest absolute Gasteiger partial charge is 0.0540 e. The van der Waals surface area contributed by atoms with Gasteiger partial charge in [0.25, 0.3) is 0 Å². The van der Waals surface area contributed by atoms with Crippen LogP contribution >= 0.6 is 0 Å². The largest absolute Gasteiger partial charge is 0.310 e. The van der Waals surface area contributed by atoms with E-state index in [1.54, 1.807) is 11.1 Å². The van der Waals surface area contributed by atoms with Crippen LogP contribution < -0.4 is 4.90 Å².